The van der Waals surface area contributed by atoms with Gasteiger partial charge in [-0.1, -0.05) is 49.4 Å². The van der Waals surface area contributed by atoms with Crippen molar-refractivity contribution in [2.75, 3.05) is 0 Å². The highest BCUT2D eigenvalue weighted by molar-refractivity contribution is 6.06. The predicted octanol–water partition coefficient (Wildman–Crippen LogP) is 7.26. The summed E-state index contributed by atoms with van der Waals surface area (Å²) in [5.74, 6) is 1.98. The molecule has 28 heavy (non-hydrogen) atoms. The molecule has 0 spiro atoms. The number of ether oxygens (including phenoxy) is 1. The van der Waals surface area contributed by atoms with Crippen LogP contribution in [0.4, 0.5) is 0 Å². The summed E-state index contributed by atoms with van der Waals surface area (Å²) < 4.78 is 12.3. The molecule has 3 aromatic carbocycles. The van der Waals surface area contributed by atoms with E-state index in [2.05, 4.69) is 82.3 Å². The molecule has 0 saturated heterocycles. The fourth-order valence-electron chi connectivity index (χ4n) is 4.75. The lowest BCUT2D eigenvalue weighted by atomic mass is 9.84. The largest absolute Gasteiger partial charge is 0.490 e. The number of aryl methyl sites for hydroxylation is 2. The first-order valence-corrected chi connectivity index (χ1v) is 10.2. The summed E-state index contributed by atoms with van der Waals surface area (Å²) in [6.45, 7) is 8.77. The molecule has 1 aromatic heterocycles. The Bertz CT molecular complexity index is 1180. The van der Waals surface area contributed by atoms with Crippen molar-refractivity contribution in [2.45, 2.75) is 52.1 Å². The average Bonchev–Trinajstić information content (AvgIpc) is 3.21. The van der Waals surface area contributed by atoms with Crippen LogP contribution in [0.5, 0.6) is 5.75 Å². The number of hydrogen-bond acceptors (Lipinski definition) is 2. The highest BCUT2D eigenvalue weighted by Crippen LogP contribution is 2.45. The van der Waals surface area contributed by atoms with Crippen LogP contribution in [0.15, 0.2) is 59.0 Å². The minimum atomic E-state index is 0.222. The smallest absolute Gasteiger partial charge is 0.138 e. The van der Waals surface area contributed by atoms with Gasteiger partial charge in [-0.2, -0.15) is 0 Å². The SMILES string of the molecule is Cc1cccc2c1OC(C)C2CC(C)c1ccc2oc3c(C)cccc3c2c1. The molecule has 0 saturated carbocycles. The van der Waals surface area contributed by atoms with Gasteiger partial charge >= 0.3 is 0 Å². The van der Waals surface area contributed by atoms with Gasteiger partial charge in [0.2, 0.25) is 0 Å². The number of para-hydroxylation sites is 2. The first-order chi connectivity index (χ1) is 13.5. The third-order valence-electron chi connectivity index (χ3n) is 6.41. The van der Waals surface area contributed by atoms with Crippen molar-refractivity contribution < 1.29 is 9.15 Å². The molecular formula is C26H26O2. The predicted molar refractivity (Wildman–Crippen MR) is 115 cm³/mol. The molecule has 0 bridgehead atoms. The summed E-state index contributed by atoms with van der Waals surface area (Å²) >= 11 is 0. The van der Waals surface area contributed by atoms with Gasteiger partial charge in [-0.05, 0) is 61.9 Å². The lowest BCUT2D eigenvalue weighted by Crippen LogP contribution is -2.16. The Morgan fingerprint density at radius 1 is 0.929 bits per heavy atom. The summed E-state index contributed by atoms with van der Waals surface area (Å²) in [6.07, 6.45) is 1.30. The van der Waals surface area contributed by atoms with Gasteiger partial charge in [0.15, 0.2) is 0 Å². The topological polar surface area (TPSA) is 22.4 Å². The van der Waals surface area contributed by atoms with Gasteiger partial charge in [-0.15, -0.1) is 0 Å². The van der Waals surface area contributed by atoms with Crippen LogP contribution in [0.25, 0.3) is 21.9 Å². The fraction of sp³-hybridized carbons (Fsp3) is 0.308. The zero-order valence-corrected chi connectivity index (χ0v) is 17.0. The van der Waals surface area contributed by atoms with Gasteiger partial charge in [-0.3, -0.25) is 0 Å². The van der Waals surface area contributed by atoms with Gasteiger partial charge in [0, 0.05) is 22.3 Å². The maximum atomic E-state index is 6.20. The van der Waals surface area contributed by atoms with E-state index in [0.29, 0.717) is 11.8 Å². The van der Waals surface area contributed by atoms with Crippen LogP contribution in [-0.2, 0) is 0 Å². The molecule has 0 amide bonds. The molecule has 5 rings (SSSR count). The van der Waals surface area contributed by atoms with Crippen molar-refractivity contribution in [2.24, 2.45) is 0 Å². The molecule has 2 heteroatoms. The van der Waals surface area contributed by atoms with Crippen molar-refractivity contribution in [3.8, 4) is 5.75 Å². The average molecular weight is 370 g/mol. The zero-order valence-electron chi connectivity index (χ0n) is 17.0. The van der Waals surface area contributed by atoms with E-state index in [9.17, 15) is 0 Å². The summed E-state index contributed by atoms with van der Waals surface area (Å²) in [4.78, 5) is 0. The van der Waals surface area contributed by atoms with Crippen LogP contribution < -0.4 is 4.74 Å². The van der Waals surface area contributed by atoms with E-state index in [-0.39, 0.29) is 6.10 Å². The van der Waals surface area contributed by atoms with Gasteiger partial charge in [0.05, 0.1) is 0 Å². The summed E-state index contributed by atoms with van der Waals surface area (Å²) in [7, 11) is 0. The van der Waals surface area contributed by atoms with E-state index in [1.807, 2.05) is 0 Å². The molecule has 0 aliphatic carbocycles. The van der Waals surface area contributed by atoms with Gasteiger partial charge in [0.1, 0.15) is 23.0 Å². The quantitative estimate of drug-likeness (QED) is 0.378. The number of hydrogen-bond donors (Lipinski definition) is 0. The first kappa shape index (κ1) is 17.4. The Morgan fingerprint density at radius 3 is 2.57 bits per heavy atom. The molecule has 1 aliphatic heterocycles. The molecule has 3 unspecified atom stereocenters. The molecule has 0 N–H and O–H groups in total. The summed E-state index contributed by atoms with van der Waals surface area (Å²) in [5, 5.41) is 2.43. The van der Waals surface area contributed by atoms with Gasteiger partial charge in [-0.25, -0.2) is 0 Å². The molecule has 2 heterocycles. The Kier molecular flexibility index (Phi) is 3.97. The van der Waals surface area contributed by atoms with Crippen molar-refractivity contribution >= 4 is 21.9 Å². The van der Waals surface area contributed by atoms with Crippen molar-refractivity contribution in [1.82, 2.24) is 0 Å². The third-order valence-corrected chi connectivity index (χ3v) is 6.41. The molecule has 2 nitrogen and oxygen atoms in total. The van der Waals surface area contributed by atoms with Crippen LogP contribution >= 0.6 is 0 Å². The van der Waals surface area contributed by atoms with Crippen LogP contribution in [0.3, 0.4) is 0 Å². The third kappa shape index (κ3) is 2.63. The highest BCUT2D eigenvalue weighted by Gasteiger charge is 2.33. The molecule has 0 radical (unpaired) electrons. The minimum absolute atomic E-state index is 0.222. The number of benzene rings is 3. The summed E-state index contributed by atoms with van der Waals surface area (Å²) in [5.41, 5.74) is 7.13. The van der Waals surface area contributed by atoms with E-state index in [1.54, 1.807) is 0 Å². The molecule has 4 aromatic rings. The van der Waals surface area contributed by atoms with Crippen LogP contribution in [0.1, 0.15) is 54.4 Å². The normalized spacial score (nSPS) is 19.7. The van der Waals surface area contributed by atoms with Crippen molar-refractivity contribution in [3.63, 3.8) is 0 Å². The Balaban J connectivity index is 1.50. The highest BCUT2D eigenvalue weighted by atomic mass is 16.5. The Morgan fingerprint density at radius 2 is 1.71 bits per heavy atom. The molecule has 142 valence electrons. The lowest BCUT2D eigenvalue weighted by Gasteiger charge is -2.20. The molecule has 1 aliphatic rings. The Labute approximate surface area is 166 Å². The second-order valence-electron chi connectivity index (χ2n) is 8.37. The van der Waals surface area contributed by atoms with Crippen molar-refractivity contribution in [3.05, 3.63) is 76.9 Å². The van der Waals surface area contributed by atoms with Crippen LogP contribution in [0, 0.1) is 13.8 Å². The molecule has 0 fully saturated rings. The number of furan rings is 1. The van der Waals surface area contributed by atoms with Gasteiger partial charge in [0.25, 0.3) is 0 Å². The maximum Gasteiger partial charge on any atom is 0.138 e. The van der Waals surface area contributed by atoms with Crippen LogP contribution in [0.2, 0.25) is 0 Å². The van der Waals surface area contributed by atoms with E-state index < -0.39 is 0 Å². The standard InChI is InChI=1S/C26H26O2/c1-15-7-5-9-20-22(18(4)27-25(15)20)13-17(3)19-11-12-24-23(14-19)21-10-6-8-16(2)26(21)28-24/h5-12,14,17-18,22H,13H2,1-4H3. The minimum Gasteiger partial charge on any atom is -0.490 e. The summed E-state index contributed by atoms with van der Waals surface area (Å²) in [6, 6.07) is 19.6. The number of rotatable bonds is 3. The Hall–Kier alpha value is -2.74. The first-order valence-electron chi connectivity index (χ1n) is 10.2. The van der Waals surface area contributed by atoms with E-state index >= 15 is 0 Å². The lowest BCUT2D eigenvalue weighted by molar-refractivity contribution is 0.217. The van der Waals surface area contributed by atoms with Gasteiger partial charge < -0.3 is 9.15 Å². The van der Waals surface area contributed by atoms with Crippen LogP contribution in [-0.4, -0.2) is 6.10 Å². The van der Waals surface area contributed by atoms with Crippen molar-refractivity contribution in [1.29, 1.82) is 0 Å². The second kappa shape index (κ2) is 6.41. The molecular weight excluding hydrogens is 344 g/mol. The van der Waals surface area contributed by atoms with E-state index in [1.165, 1.54) is 33.0 Å². The fourth-order valence-corrected chi connectivity index (χ4v) is 4.75. The maximum absolute atomic E-state index is 6.20. The monoisotopic (exact) mass is 370 g/mol. The molecule has 3 atom stereocenters. The van der Waals surface area contributed by atoms with E-state index in [4.69, 9.17) is 9.15 Å². The zero-order chi connectivity index (χ0) is 19.4. The number of fused-ring (bicyclic) bond motifs is 4. The second-order valence-corrected chi connectivity index (χ2v) is 8.37. The van der Waals surface area contributed by atoms with E-state index in [0.717, 1.165) is 23.3 Å².